The molecule has 23 heavy (non-hydrogen) atoms. The molecule has 4 nitrogen and oxygen atoms in total. The maximum atomic E-state index is 9.80. The van der Waals surface area contributed by atoms with Crippen LogP contribution in [0.5, 0.6) is 11.5 Å². The van der Waals surface area contributed by atoms with Crippen molar-refractivity contribution < 1.29 is 10.2 Å². The van der Waals surface area contributed by atoms with Crippen LogP contribution in [0.2, 0.25) is 0 Å². The van der Waals surface area contributed by atoms with Gasteiger partial charge in [0.05, 0.1) is 0 Å². The lowest BCUT2D eigenvalue weighted by Gasteiger charge is -2.02. The fourth-order valence-corrected chi connectivity index (χ4v) is 2.18. The first-order valence-electron chi connectivity index (χ1n) is 7.77. The number of nitrogens with zero attached hydrogens (tertiary/aromatic N) is 2. The third kappa shape index (κ3) is 4.68. The third-order valence-corrected chi connectivity index (χ3v) is 3.62. The number of hydrogen-bond acceptors (Lipinski definition) is 4. The van der Waals surface area contributed by atoms with Crippen molar-refractivity contribution in [2.75, 3.05) is 6.67 Å². The summed E-state index contributed by atoms with van der Waals surface area (Å²) in [6.07, 6.45) is 5.06. The van der Waals surface area contributed by atoms with E-state index in [4.69, 9.17) is 0 Å². The van der Waals surface area contributed by atoms with Crippen molar-refractivity contribution in [1.29, 1.82) is 0 Å². The molecule has 0 aromatic heterocycles. The standard InChI is InChI=1S/C19H22N2O2/c1-3-14-5-7-18(22)16(9-14)11-20-13-21-12-17-10-15(4-2)6-8-19(17)23/h5-12,22-23H,3-4,13H2,1-2H3. The van der Waals surface area contributed by atoms with Gasteiger partial charge in [-0.25, -0.2) is 0 Å². The molecule has 0 atom stereocenters. The van der Waals surface area contributed by atoms with Gasteiger partial charge in [0.15, 0.2) is 0 Å². The molecule has 0 amide bonds. The number of phenolic OH excluding ortho intramolecular Hbond substituents is 2. The second-order valence-corrected chi connectivity index (χ2v) is 5.26. The highest BCUT2D eigenvalue weighted by Gasteiger charge is 2.00. The smallest absolute Gasteiger partial charge is 0.129 e. The molecule has 0 saturated heterocycles. The zero-order chi connectivity index (χ0) is 16.7. The van der Waals surface area contributed by atoms with E-state index in [-0.39, 0.29) is 18.2 Å². The van der Waals surface area contributed by atoms with Crippen molar-refractivity contribution in [3.05, 3.63) is 58.7 Å². The van der Waals surface area contributed by atoms with Crippen LogP contribution in [0, 0.1) is 0 Å². The summed E-state index contributed by atoms with van der Waals surface area (Å²) in [7, 11) is 0. The summed E-state index contributed by atoms with van der Waals surface area (Å²) < 4.78 is 0. The summed E-state index contributed by atoms with van der Waals surface area (Å²) >= 11 is 0. The average Bonchev–Trinajstić information content (AvgIpc) is 2.57. The Hall–Kier alpha value is -2.62. The Morgan fingerprint density at radius 1 is 0.783 bits per heavy atom. The van der Waals surface area contributed by atoms with E-state index < -0.39 is 0 Å². The monoisotopic (exact) mass is 310 g/mol. The highest BCUT2D eigenvalue weighted by atomic mass is 16.3. The van der Waals surface area contributed by atoms with Gasteiger partial charge in [0, 0.05) is 23.6 Å². The van der Waals surface area contributed by atoms with Crippen LogP contribution in [0.4, 0.5) is 0 Å². The number of phenols is 2. The Bertz CT molecular complexity index is 660. The molecule has 0 aliphatic heterocycles. The molecular weight excluding hydrogens is 288 g/mol. The fourth-order valence-electron chi connectivity index (χ4n) is 2.18. The number of aromatic hydroxyl groups is 2. The van der Waals surface area contributed by atoms with Gasteiger partial charge < -0.3 is 10.2 Å². The predicted molar refractivity (Wildman–Crippen MR) is 95.0 cm³/mol. The third-order valence-electron chi connectivity index (χ3n) is 3.62. The van der Waals surface area contributed by atoms with Crippen molar-refractivity contribution in [3.8, 4) is 11.5 Å². The molecule has 0 heterocycles. The van der Waals surface area contributed by atoms with Crippen molar-refractivity contribution >= 4 is 12.4 Å². The highest BCUT2D eigenvalue weighted by molar-refractivity contribution is 5.85. The Balaban J connectivity index is 2.02. The van der Waals surface area contributed by atoms with Crippen LogP contribution < -0.4 is 0 Å². The van der Waals surface area contributed by atoms with Gasteiger partial charge in [0.2, 0.25) is 0 Å². The minimum atomic E-state index is 0.211. The van der Waals surface area contributed by atoms with Gasteiger partial charge in [-0.1, -0.05) is 26.0 Å². The van der Waals surface area contributed by atoms with Crippen LogP contribution >= 0.6 is 0 Å². The molecule has 2 rings (SSSR count). The molecule has 0 unspecified atom stereocenters. The van der Waals surface area contributed by atoms with Crippen molar-refractivity contribution in [2.24, 2.45) is 9.98 Å². The zero-order valence-electron chi connectivity index (χ0n) is 13.5. The molecule has 2 aromatic rings. The van der Waals surface area contributed by atoms with E-state index in [2.05, 4.69) is 23.8 Å². The Morgan fingerprint density at radius 2 is 1.22 bits per heavy atom. The molecule has 0 saturated carbocycles. The van der Waals surface area contributed by atoms with Gasteiger partial charge in [-0.2, -0.15) is 0 Å². The average molecular weight is 310 g/mol. The lowest BCUT2D eigenvalue weighted by Crippen LogP contribution is -1.89. The van der Waals surface area contributed by atoms with E-state index in [1.54, 1.807) is 24.6 Å². The van der Waals surface area contributed by atoms with Gasteiger partial charge >= 0.3 is 0 Å². The first-order chi connectivity index (χ1) is 11.1. The number of rotatable bonds is 6. The molecule has 120 valence electrons. The highest BCUT2D eigenvalue weighted by Crippen LogP contribution is 2.18. The summed E-state index contributed by atoms with van der Waals surface area (Å²) in [4.78, 5) is 8.40. The normalized spacial score (nSPS) is 11.6. The summed E-state index contributed by atoms with van der Waals surface area (Å²) in [5.41, 5.74) is 3.67. The molecule has 2 N–H and O–H groups in total. The molecule has 0 aliphatic carbocycles. The van der Waals surface area contributed by atoms with Crippen LogP contribution in [0.25, 0.3) is 0 Å². The predicted octanol–water partition coefficient (Wildman–Crippen LogP) is 3.72. The summed E-state index contributed by atoms with van der Waals surface area (Å²) in [5.74, 6) is 0.423. The van der Waals surface area contributed by atoms with Crippen LogP contribution in [0.3, 0.4) is 0 Å². The number of aliphatic imine (C=N–C) groups is 2. The molecule has 2 aromatic carbocycles. The molecule has 0 fully saturated rings. The number of hydrogen-bond donors (Lipinski definition) is 2. The quantitative estimate of drug-likeness (QED) is 0.799. The van der Waals surface area contributed by atoms with Gasteiger partial charge in [0.25, 0.3) is 0 Å². The molecule has 4 heteroatoms. The lowest BCUT2D eigenvalue weighted by atomic mass is 10.1. The van der Waals surface area contributed by atoms with E-state index in [0.29, 0.717) is 11.1 Å². The first-order valence-corrected chi connectivity index (χ1v) is 7.77. The van der Waals surface area contributed by atoms with Gasteiger partial charge in [-0.05, 0) is 48.2 Å². The van der Waals surface area contributed by atoms with E-state index in [9.17, 15) is 10.2 Å². The molecular formula is C19H22N2O2. The lowest BCUT2D eigenvalue weighted by molar-refractivity contribution is 0.473. The van der Waals surface area contributed by atoms with Crippen LogP contribution in [0.1, 0.15) is 36.1 Å². The first kappa shape index (κ1) is 16.7. The van der Waals surface area contributed by atoms with Crippen molar-refractivity contribution in [2.45, 2.75) is 26.7 Å². The largest absolute Gasteiger partial charge is 0.507 e. The Kier molecular flexibility index (Phi) is 5.92. The minimum Gasteiger partial charge on any atom is -0.507 e. The zero-order valence-corrected chi connectivity index (χ0v) is 13.5. The molecule has 0 radical (unpaired) electrons. The SMILES string of the molecule is CCc1ccc(O)c(C=NCN=Cc2cc(CC)ccc2O)c1. The van der Waals surface area contributed by atoms with Gasteiger partial charge in [-0.3, -0.25) is 9.98 Å². The summed E-state index contributed by atoms with van der Waals surface area (Å²) in [6, 6.07) is 11.0. The minimum absolute atomic E-state index is 0.211. The second-order valence-electron chi connectivity index (χ2n) is 5.26. The van der Waals surface area contributed by atoms with E-state index in [0.717, 1.165) is 24.0 Å². The Morgan fingerprint density at radius 3 is 1.61 bits per heavy atom. The van der Waals surface area contributed by atoms with Crippen molar-refractivity contribution in [3.63, 3.8) is 0 Å². The summed E-state index contributed by atoms with van der Waals surface area (Å²) in [5, 5.41) is 19.6. The molecule has 0 bridgehead atoms. The van der Waals surface area contributed by atoms with Crippen LogP contribution in [0.15, 0.2) is 46.4 Å². The van der Waals surface area contributed by atoms with E-state index >= 15 is 0 Å². The van der Waals surface area contributed by atoms with Crippen LogP contribution in [-0.4, -0.2) is 29.3 Å². The Labute approximate surface area is 136 Å². The maximum Gasteiger partial charge on any atom is 0.129 e. The van der Waals surface area contributed by atoms with Crippen molar-refractivity contribution in [1.82, 2.24) is 0 Å². The van der Waals surface area contributed by atoms with Gasteiger partial charge in [-0.15, -0.1) is 0 Å². The molecule has 0 aliphatic rings. The summed E-state index contributed by atoms with van der Waals surface area (Å²) in [6.45, 7) is 4.37. The number of aryl methyl sites for hydroxylation is 2. The number of benzene rings is 2. The topological polar surface area (TPSA) is 65.2 Å². The maximum absolute atomic E-state index is 9.80. The van der Waals surface area contributed by atoms with E-state index in [1.165, 1.54) is 0 Å². The van der Waals surface area contributed by atoms with Gasteiger partial charge in [0.1, 0.15) is 18.2 Å². The second kappa shape index (κ2) is 8.13. The van der Waals surface area contributed by atoms with E-state index in [1.807, 2.05) is 24.3 Å². The molecule has 0 spiro atoms. The fraction of sp³-hybridized carbons (Fsp3) is 0.263. The van der Waals surface area contributed by atoms with Crippen LogP contribution in [-0.2, 0) is 12.8 Å².